The van der Waals surface area contributed by atoms with Crippen LogP contribution in [0.25, 0.3) is 0 Å². The number of nitrogens with one attached hydrogen (secondary N) is 2. The van der Waals surface area contributed by atoms with E-state index in [0.29, 0.717) is 23.1 Å². The third-order valence-electron chi connectivity index (χ3n) is 2.72. The van der Waals surface area contributed by atoms with Crippen LogP contribution in [0.3, 0.4) is 0 Å². The third-order valence-corrected chi connectivity index (χ3v) is 2.96. The van der Waals surface area contributed by atoms with Crippen molar-refractivity contribution in [1.29, 1.82) is 0 Å². The summed E-state index contributed by atoms with van der Waals surface area (Å²) >= 11 is 5.86. The monoisotopic (exact) mass is 307 g/mol. The van der Waals surface area contributed by atoms with E-state index in [2.05, 4.69) is 15.6 Å². The number of benzene rings is 1. The summed E-state index contributed by atoms with van der Waals surface area (Å²) in [5, 5.41) is 6.19. The van der Waals surface area contributed by atoms with Crippen molar-refractivity contribution >= 4 is 29.0 Å². The number of carbonyl (C=O) groups excluding carboxylic acids is 1. The number of nitrogens with zero attached hydrogens (tertiary/aromatic N) is 1. The molecule has 0 unspecified atom stereocenters. The Morgan fingerprint density at radius 2 is 2.19 bits per heavy atom. The first-order valence-electron chi connectivity index (χ1n) is 6.56. The van der Waals surface area contributed by atoms with Crippen molar-refractivity contribution in [2.45, 2.75) is 13.3 Å². The molecule has 6 heteroatoms. The molecule has 110 valence electrons. The van der Waals surface area contributed by atoms with Gasteiger partial charge < -0.3 is 10.6 Å². The summed E-state index contributed by atoms with van der Waals surface area (Å²) in [5.74, 6) is -0.644. The van der Waals surface area contributed by atoms with E-state index in [1.807, 2.05) is 6.92 Å². The molecular formula is C15H15ClFN3O. The van der Waals surface area contributed by atoms with Crippen molar-refractivity contribution in [3.63, 3.8) is 0 Å². The van der Waals surface area contributed by atoms with Crippen molar-refractivity contribution < 1.29 is 9.18 Å². The predicted octanol–water partition coefficient (Wildman–Crippen LogP) is 3.95. The van der Waals surface area contributed by atoms with Crippen LogP contribution in [0.4, 0.5) is 15.9 Å². The lowest BCUT2D eigenvalue weighted by atomic mass is 10.2. The molecule has 0 aliphatic rings. The number of aromatic nitrogens is 1. The Balaban J connectivity index is 2.23. The highest BCUT2D eigenvalue weighted by Gasteiger charge is 2.14. The molecule has 0 atom stereocenters. The molecule has 0 bridgehead atoms. The van der Waals surface area contributed by atoms with Gasteiger partial charge in [0.2, 0.25) is 0 Å². The van der Waals surface area contributed by atoms with Gasteiger partial charge in [-0.05, 0) is 30.7 Å². The third kappa shape index (κ3) is 4.16. The van der Waals surface area contributed by atoms with Crippen LogP contribution in [0, 0.1) is 5.82 Å². The van der Waals surface area contributed by atoms with E-state index in [4.69, 9.17) is 11.6 Å². The van der Waals surface area contributed by atoms with Crippen LogP contribution >= 0.6 is 11.6 Å². The quantitative estimate of drug-likeness (QED) is 0.879. The van der Waals surface area contributed by atoms with Crippen LogP contribution in [0.15, 0.2) is 36.5 Å². The maximum atomic E-state index is 13.3. The van der Waals surface area contributed by atoms with Crippen LogP contribution in [-0.2, 0) is 0 Å². The molecule has 2 aromatic rings. The van der Waals surface area contributed by atoms with Gasteiger partial charge in [-0.1, -0.05) is 24.6 Å². The van der Waals surface area contributed by atoms with Crippen LogP contribution in [0.2, 0.25) is 5.02 Å². The highest BCUT2D eigenvalue weighted by atomic mass is 35.5. The molecule has 0 fully saturated rings. The molecular weight excluding hydrogens is 293 g/mol. The Bertz CT molecular complexity index is 649. The van der Waals surface area contributed by atoms with Crippen LogP contribution in [0.5, 0.6) is 0 Å². The van der Waals surface area contributed by atoms with E-state index >= 15 is 0 Å². The Morgan fingerprint density at radius 1 is 1.38 bits per heavy atom. The Labute approximate surface area is 127 Å². The molecule has 0 saturated heterocycles. The Kier molecular flexibility index (Phi) is 5.11. The van der Waals surface area contributed by atoms with E-state index in [1.165, 1.54) is 0 Å². The molecule has 1 aromatic heterocycles. The number of hydrogen-bond acceptors (Lipinski definition) is 3. The lowest BCUT2D eigenvalue weighted by molar-refractivity contribution is 0.102. The van der Waals surface area contributed by atoms with Gasteiger partial charge in [0.1, 0.15) is 11.6 Å². The van der Waals surface area contributed by atoms with Crippen molar-refractivity contribution in [2.75, 3.05) is 17.2 Å². The highest BCUT2D eigenvalue weighted by molar-refractivity contribution is 6.31. The highest BCUT2D eigenvalue weighted by Crippen LogP contribution is 2.19. The smallest absolute Gasteiger partial charge is 0.259 e. The summed E-state index contributed by atoms with van der Waals surface area (Å²) in [7, 11) is 0. The fraction of sp³-hybridized carbons (Fsp3) is 0.200. The number of pyridine rings is 1. The molecule has 2 rings (SSSR count). The summed E-state index contributed by atoms with van der Waals surface area (Å²) in [6, 6.07) is 7.90. The number of carbonyl (C=O) groups is 1. The average molecular weight is 308 g/mol. The molecule has 2 N–H and O–H groups in total. The minimum Gasteiger partial charge on any atom is -0.369 e. The molecule has 1 heterocycles. The molecule has 0 aliphatic heterocycles. The summed E-state index contributed by atoms with van der Waals surface area (Å²) in [5.41, 5.74) is 0.696. The minimum absolute atomic E-state index is 0.156. The zero-order chi connectivity index (χ0) is 15.2. The van der Waals surface area contributed by atoms with Crippen LogP contribution in [0.1, 0.15) is 23.7 Å². The molecule has 0 aliphatic carbocycles. The number of anilines is 2. The van der Waals surface area contributed by atoms with Crippen LogP contribution in [-0.4, -0.2) is 17.4 Å². The van der Waals surface area contributed by atoms with Gasteiger partial charge in [-0.3, -0.25) is 4.79 Å². The maximum Gasteiger partial charge on any atom is 0.259 e. The molecule has 0 spiro atoms. The standard InChI is InChI=1S/C15H15ClFN3O/c1-2-6-18-14-13(8-11(17)9-19-14)15(21)20-12-5-3-4-10(16)7-12/h3-5,7-9H,2,6H2,1H3,(H,18,19)(H,20,21). The first-order valence-corrected chi connectivity index (χ1v) is 6.94. The number of amides is 1. The van der Waals surface area contributed by atoms with Gasteiger partial charge in [-0.15, -0.1) is 0 Å². The minimum atomic E-state index is -0.562. The largest absolute Gasteiger partial charge is 0.369 e. The summed E-state index contributed by atoms with van der Waals surface area (Å²) < 4.78 is 13.3. The molecule has 21 heavy (non-hydrogen) atoms. The molecule has 1 aromatic carbocycles. The van der Waals surface area contributed by atoms with Crippen molar-refractivity contribution in [2.24, 2.45) is 0 Å². The first kappa shape index (κ1) is 15.3. The van der Waals surface area contributed by atoms with Gasteiger partial charge in [-0.25, -0.2) is 9.37 Å². The van der Waals surface area contributed by atoms with Gasteiger partial charge in [0.25, 0.3) is 5.91 Å². The fourth-order valence-electron chi connectivity index (χ4n) is 1.76. The topological polar surface area (TPSA) is 54.0 Å². The normalized spacial score (nSPS) is 10.2. The van der Waals surface area contributed by atoms with E-state index in [1.54, 1.807) is 24.3 Å². The maximum absolute atomic E-state index is 13.3. The lowest BCUT2D eigenvalue weighted by Crippen LogP contribution is -2.16. The zero-order valence-corrected chi connectivity index (χ0v) is 12.2. The summed E-state index contributed by atoms with van der Waals surface area (Å²) in [6.45, 7) is 2.64. The zero-order valence-electron chi connectivity index (χ0n) is 11.5. The second-order valence-corrected chi connectivity index (χ2v) is 4.88. The molecule has 4 nitrogen and oxygen atoms in total. The van der Waals surface area contributed by atoms with Gasteiger partial charge in [0.05, 0.1) is 11.8 Å². The van der Waals surface area contributed by atoms with E-state index in [0.717, 1.165) is 18.7 Å². The van der Waals surface area contributed by atoms with Crippen molar-refractivity contribution in [1.82, 2.24) is 4.98 Å². The average Bonchev–Trinajstić information content (AvgIpc) is 2.46. The van der Waals surface area contributed by atoms with E-state index in [9.17, 15) is 9.18 Å². The Hall–Kier alpha value is -2.14. The summed E-state index contributed by atoms with van der Waals surface area (Å²) in [6.07, 6.45) is 1.95. The summed E-state index contributed by atoms with van der Waals surface area (Å²) in [4.78, 5) is 16.2. The SMILES string of the molecule is CCCNc1ncc(F)cc1C(=O)Nc1cccc(Cl)c1. The fourth-order valence-corrected chi connectivity index (χ4v) is 1.95. The first-order chi connectivity index (χ1) is 10.1. The second kappa shape index (κ2) is 7.04. The van der Waals surface area contributed by atoms with E-state index in [-0.39, 0.29) is 5.56 Å². The van der Waals surface area contributed by atoms with E-state index < -0.39 is 11.7 Å². The number of hydrogen-bond donors (Lipinski definition) is 2. The van der Waals surface area contributed by atoms with Gasteiger partial charge in [0.15, 0.2) is 0 Å². The second-order valence-electron chi connectivity index (χ2n) is 4.44. The number of halogens is 2. The lowest BCUT2D eigenvalue weighted by Gasteiger charge is -2.11. The number of rotatable bonds is 5. The molecule has 0 saturated carbocycles. The van der Waals surface area contributed by atoms with Crippen molar-refractivity contribution in [3.05, 3.63) is 52.9 Å². The predicted molar refractivity (Wildman–Crippen MR) is 82.4 cm³/mol. The van der Waals surface area contributed by atoms with Gasteiger partial charge >= 0.3 is 0 Å². The molecule has 0 radical (unpaired) electrons. The molecule has 1 amide bonds. The van der Waals surface area contributed by atoms with Gasteiger partial charge in [-0.2, -0.15) is 0 Å². The Morgan fingerprint density at radius 3 is 2.90 bits per heavy atom. The van der Waals surface area contributed by atoms with Crippen molar-refractivity contribution in [3.8, 4) is 0 Å². The van der Waals surface area contributed by atoms with Crippen LogP contribution < -0.4 is 10.6 Å². The van der Waals surface area contributed by atoms with Gasteiger partial charge in [0, 0.05) is 17.3 Å².